The maximum absolute atomic E-state index is 14.3. The number of carbonyl (C=O) groups excluding carboxylic acids is 1. The van der Waals surface area contributed by atoms with Gasteiger partial charge in [-0.05, 0) is 42.8 Å². The van der Waals surface area contributed by atoms with Crippen LogP contribution in [0.25, 0.3) is 23.1 Å². The van der Waals surface area contributed by atoms with Gasteiger partial charge in [0, 0.05) is 17.7 Å². The van der Waals surface area contributed by atoms with E-state index >= 15 is 0 Å². The van der Waals surface area contributed by atoms with Gasteiger partial charge in [-0.25, -0.2) is 9.79 Å². The van der Waals surface area contributed by atoms with Gasteiger partial charge in [-0.15, -0.1) is 0 Å². The van der Waals surface area contributed by atoms with E-state index in [1.807, 2.05) is 30.3 Å². The number of fused-ring (bicyclic) bond motifs is 1. The lowest BCUT2D eigenvalue weighted by molar-refractivity contribution is -0.384. The van der Waals surface area contributed by atoms with Crippen LogP contribution >= 0.6 is 11.3 Å². The van der Waals surface area contributed by atoms with Crippen LogP contribution < -0.4 is 29.1 Å². The molecule has 12 nitrogen and oxygen atoms in total. The second kappa shape index (κ2) is 13.4. The number of hydrogen-bond donors (Lipinski definition) is 0. The van der Waals surface area contributed by atoms with E-state index in [1.165, 1.54) is 38.0 Å². The molecule has 6 rings (SSSR count). The van der Waals surface area contributed by atoms with E-state index in [-0.39, 0.29) is 23.6 Å². The van der Waals surface area contributed by atoms with E-state index in [2.05, 4.69) is 0 Å². The number of benzene rings is 3. The Morgan fingerprint density at radius 1 is 0.979 bits per heavy atom. The maximum Gasteiger partial charge on any atom is 0.338 e. The topological polar surface area (TPSA) is 145 Å². The van der Waals surface area contributed by atoms with Crippen molar-refractivity contribution in [3.63, 3.8) is 0 Å². The van der Waals surface area contributed by atoms with Crippen molar-refractivity contribution in [1.29, 1.82) is 0 Å². The molecule has 1 unspecified atom stereocenters. The first-order chi connectivity index (χ1) is 23.3. The van der Waals surface area contributed by atoms with Gasteiger partial charge < -0.3 is 23.4 Å². The largest absolute Gasteiger partial charge is 0.496 e. The predicted molar refractivity (Wildman–Crippen MR) is 178 cm³/mol. The fraction of sp³-hybridized carbons (Fsp3) is 0.171. The smallest absolute Gasteiger partial charge is 0.338 e. The number of furan rings is 1. The van der Waals surface area contributed by atoms with Crippen molar-refractivity contribution in [2.75, 3.05) is 27.9 Å². The SMILES string of the molecule is CCOC(=O)C1=C(c2ccccc2)N=c2s/c(=C\c3ccc(-c4ccc([N+](=O)[O-])cc4OC)o3)c(=O)n2C1c1ccc(OC)c(OC)c1. The normalized spacial score (nSPS) is 14.2. The summed E-state index contributed by atoms with van der Waals surface area (Å²) in [5, 5.41) is 11.2. The lowest BCUT2D eigenvalue weighted by Gasteiger charge is -2.26. The molecule has 13 heteroatoms. The van der Waals surface area contributed by atoms with Crippen LogP contribution in [0, 0.1) is 10.1 Å². The first-order valence-electron chi connectivity index (χ1n) is 14.7. The van der Waals surface area contributed by atoms with Crippen molar-refractivity contribution >= 4 is 34.8 Å². The number of methoxy groups -OCH3 is 3. The lowest BCUT2D eigenvalue weighted by atomic mass is 9.93. The molecule has 3 aromatic carbocycles. The summed E-state index contributed by atoms with van der Waals surface area (Å²) >= 11 is 1.14. The molecule has 244 valence electrons. The van der Waals surface area contributed by atoms with Crippen LogP contribution in [0.3, 0.4) is 0 Å². The molecule has 0 spiro atoms. The number of non-ortho nitro benzene ring substituents is 1. The van der Waals surface area contributed by atoms with Crippen LogP contribution in [0.5, 0.6) is 17.2 Å². The fourth-order valence-electron chi connectivity index (χ4n) is 5.48. The predicted octanol–water partition coefficient (Wildman–Crippen LogP) is 5.13. The third-order valence-corrected chi connectivity index (χ3v) is 8.64. The molecule has 0 saturated carbocycles. The number of esters is 1. The Hall–Kier alpha value is -5.95. The van der Waals surface area contributed by atoms with Gasteiger partial charge in [0.2, 0.25) is 0 Å². The van der Waals surface area contributed by atoms with Crippen molar-refractivity contribution in [2.45, 2.75) is 13.0 Å². The Labute approximate surface area is 277 Å². The van der Waals surface area contributed by atoms with Gasteiger partial charge in [0.05, 0.1) is 66.3 Å². The summed E-state index contributed by atoms with van der Waals surface area (Å²) in [6, 6.07) is 21.1. The number of carbonyl (C=O) groups is 1. The summed E-state index contributed by atoms with van der Waals surface area (Å²) in [5.41, 5.74) is 1.81. The Bertz CT molecular complexity index is 2250. The minimum Gasteiger partial charge on any atom is -0.496 e. The quantitative estimate of drug-likeness (QED) is 0.112. The average Bonchev–Trinajstić information content (AvgIpc) is 3.70. The Kier molecular flexibility index (Phi) is 8.95. The van der Waals surface area contributed by atoms with Gasteiger partial charge in [0.1, 0.15) is 17.3 Å². The van der Waals surface area contributed by atoms with Crippen LogP contribution in [-0.4, -0.2) is 43.4 Å². The summed E-state index contributed by atoms with van der Waals surface area (Å²) in [6.07, 6.45) is 1.59. The molecule has 5 aromatic rings. The van der Waals surface area contributed by atoms with Gasteiger partial charge in [-0.2, -0.15) is 0 Å². The molecular formula is C35H29N3O9S. The van der Waals surface area contributed by atoms with E-state index in [4.69, 9.17) is 28.4 Å². The molecule has 1 aliphatic rings. The maximum atomic E-state index is 14.3. The third kappa shape index (κ3) is 5.86. The molecule has 0 aliphatic carbocycles. The first-order valence-corrected chi connectivity index (χ1v) is 15.5. The molecule has 0 fully saturated rings. The molecule has 0 bridgehead atoms. The van der Waals surface area contributed by atoms with Gasteiger partial charge in [0.15, 0.2) is 16.3 Å². The summed E-state index contributed by atoms with van der Waals surface area (Å²) in [7, 11) is 4.44. The van der Waals surface area contributed by atoms with Gasteiger partial charge in [-0.3, -0.25) is 19.5 Å². The number of aromatic nitrogens is 1. The highest BCUT2D eigenvalue weighted by molar-refractivity contribution is 7.07. The average molecular weight is 668 g/mol. The van der Waals surface area contributed by atoms with Crippen LogP contribution in [0.4, 0.5) is 5.69 Å². The summed E-state index contributed by atoms with van der Waals surface area (Å²) in [6.45, 7) is 1.83. The van der Waals surface area contributed by atoms with Crippen LogP contribution in [0.1, 0.15) is 29.9 Å². The van der Waals surface area contributed by atoms with Crippen molar-refractivity contribution in [3.05, 3.63) is 131 Å². The van der Waals surface area contributed by atoms with Crippen molar-refractivity contribution in [3.8, 4) is 28.6 Å². The van der Waals surface area contributed by atoms with Crippen molar-refractivity contribution < 1.29 is 33.1 Å². The zero-order chi connectivity index (χ0) is 33.9. The van der Waals surface area contributed by atoms with Gasteiger partial charge >= 0.3 is 5.97 Å². The molecular weight excluding hydrogens is 638 g/mol. The number of thiazole rings is 1. The summed E-state index contributed by atoms with van der Waals surface area (Å²) < 4.78 is 29.8. The van der Waals surface area contributed by atoms with Crippen LogP contribution in [0.2, 0.25) is 0 Å². The number of nitro groups is 1. The highest BCUT2D eigenvalue weighted by Gasteiger charge is 2.35. The molecule has 0 N–H and O–H groups in total. The Morgan fingerprint density at radius 2 is 1.73 bits per heavy atom. The Morgan fingerprint density at radius 3 is 2.42 bits per heavy atom. The van der Waals surface area contributed by atoms with E-state index < -0.39 is 22.5 Å². The molecule has 0 saturated heterocycles. The minimum absolute atomic E-state index is 0.119. The van der Waals surface area contributed by atoms with Crippen molar-refractivity contribution in [1.82, 2.24) is 4.57 Å². The zero-order valence-corrected chi connectivity index (χ0v) is 27.1. The van der Waals surface area contributed by atoms with Crippen LogP contribution in [-0.2, 0) is 9.53 Å². The van der Waals surface area contributed by atoms with E-state index in [9.17, 15) is 19.7 Å². The summed E-state index contributed by atoms with van der Waals surface area (Å²) in [5.74, 6) is 1.30. The zero-order valence-electron chi connectivity index (χ0n) is 26.3. The number of hydrogen-bond acceptors (Lipinski definition) is 11. The standard InChI is InChI=1S/C35H29N3O9S/c1-5-46-34(40)30-31(20-9-7-6-8-10-20)36-35-37(32(30)21-11-15-26(43-2)28(17-21)45-4)33(39)29(48-35)19-23-13-16-25(47-23)24-14-12-22(38(41)42)18-27(24)44-3/h6-19,32H,5H2,1-4H3/b29-19-. The first kappa shape index (κ1) is 32.0. The number of rotatable bonds is 10. The van der Waals surface area contributed by atoms with E-state index in [0.717, 1.165) is 11.3 Å². The Balaban J connectivity index is 1.55. The number of nitrogens with zero attached hydrogens (tertiary/aromatic N) is 3. The van der Waals surface area contributed by atoms with Gasteiger partial charge in [-0.1, -0.05) is 47.7 Å². The highest BCUT2D eigenvalue weighted by atomic mass is 32.1. The molecule has 48 heavy (non-hydrogen) atoms. The lowest BCUT2D eigenvalue weighted by Crippen LogP contribution is -2.40. The van der Waals surface area contributed by atoms with E-state index in [0.29, 0.717) is 54.7 Å². The second-order valence-electron chi connectivity index (χ2n) is 10.4. The number of nitro benzene ring substituents is 1. The molecule has 1 atom stereocenters. The third-order valence-electron chi connectivity index (χ3n) is 7.66. The fourth-order valence-corrected chi connectivity index (χ4v) is 6.46. The van der Waals surface area contributed by atoms with E-state index in [1.54, 1.807) is 49.4 Å². The van der Waals surface area contributed by atoms with Gasteiger partial charge in [0.25, 0.3) is 11.2 Å². The number of ether oxygens (including phenoxy) is 4. The molecule has 0 amide bonds. The molecule has 0 radical (unpaired) electrons. The molecule has 3 heterocycles. The molecule has 1 aliphatic heterocycles. The summed E-state index contributed by atoms with van der Waals surface area (Å²) in [4.78, 5) is 43.9. The molecule has 2 aromatic heterocycles. The monoisotopic (exact) mass is 667 g/mol. The highest BCUT2D eigenvalue weighted by Crippen LogP contribution is 2.39. The second-order valence-corrected chi connectivity index (χ2v) is 11.4. The van der Waals surface area contributed by atoms with Crippen molar-refractivity contribution in [2.24, 2.45) is 4.99 Å². The minimum atomic E-state index is -0.922. The van der Waals surface area contributed by atoms with Crippen LogP contribution in [0.15, 0.2) is 98.6 Å².